The summed E-state index contributed by atoms with van der Waals surface area (Å²) in [5.74, 6) is -7.08. The minimum atomic E-state index is -1.60. The van der Waals surface area contributed by atoms with Gasteiger partial charge in [0.05, 0.1) is 18.9 Å². The highest BCUT2D eigenvalue weighted by Crippen LogP contribution is 2.06. The Morgan fingerprint density at radius 3 is 1.47 bits per heavy atom. The number of carboxylic acids is 1. The molecule has 0 aromatic carbocycles. The maximum Gasteiger partial charge on any atom is 0.326 e. The molecule has 0 aliphatic rings. The highest BCUT2D eigenvalue weighted by molar-refractivity contribution is 5.97. The molecule has 4 unspecified atom stereocenters. The molecule has 34 heavy (non-hydrogen) atoms. The molecule has 0 spiro atoms. The number of carbonyl (C=O) groups excluding carboxylic acids is 6. The van der Waals surface area contributed by atoms with Crippen LogP contribution < -0.4 is 38.9 Å². The maximum atomic E-state index is 12.7. The Morgan fingerprint density at radius 1 is 0.706 bits per heavy atom. The SMILES string of the molecule is CC(C)CC(NC(=O)C(CC(N)=O)NC(=O)C(CC(N)=O)NC(=O)C(N)CCC(N)=O)C(=O)O. The number of nitrogens with one attached hydrogen (secondary N) is 3. The Bertz CT molecular complexity index is 802. The summed E-state index contributed by atoms with van der Waals surface area (Å²) in [7, 11) is 0. The van der Waals surface area contributed by atoms with Gasteiger partial charge in [0, 0.05) is 6.42 Å². The van der Waals surface area contributed by atoms with Crippen molar-refractivity contribution < 1.29 is 38.7 Å². The molecule has 0 aromatic heterocycles. The first-order chi connectivity index (χ1) is 15.6. The quantitative estimate of drug-likeness (QED) is 0.105. The lowest BCUT2D eigenvalue weighted by molar-refractivity contribution is -0.143. The first kappa shape index (κ1) is 30.2. The molecular formula is C19H33N7O8. The van der Waals surface area contributed by atoms with Gasteiger partial charge in [0.15, 0.2) is 0 Å². The van der Waals surface area contributed by atoms with Crippen molar-refractivity contribution in [3.63, 3.8) is 0 Å². The molecule has 15 nitrogen and oxygen atoms in total. The third-order valence-corrected chi connectivity index (χ3v) is 4.44. The van der Waals surface area contributed by atoms with Crippen LogP contribution in [0.3, 0.4) is 0 Å². The molecule has 0 aliphatic heterocycles. The largest absolute Gasteiger partial charge is 0.480 e. The third-order valence-electron chi connectivity index (χ3n) is 4.44. The van der Waals surface area contributed by atoms with Crippen molar-refractivity contribution >= 4 is 41.4 Å². The van der Waals surface area contributed by atoms with Gasteiger partial charge in [0.1, 0.15) is 18.1 Å². The molecule has 15 heteroatoms. The number of carboxylic acid groups (broad SMARTS) is 1. The van der Waals surface area contributed by atoms with Crippen LogP contribution in [-0.4, -0.2) is 70.7 Å². The van der Waals surface area contributed by atoms with Gasteiger partial charge in [-0.1, -0.05) is 13.8 Å². The van der Waals surface area contributed by atoms with E-state index in [1.54, 1.807) is 13.8 Å². The molecule has 0 saturated carbocycles. The van der Waals surface area contributed by atoms with Crippen LogP contribution in [0.25, 0.3) is 0 Å². The van der Waals surface area contributed by atoms with Gasteiger partial charge >= 0.3 is 5.97 Å². The van der Waals surface area contributed by atoms with Crippen molar-refractivity contribution in [1.29, 1.82) is 0 Å². The minimum Gasteiger partial charge on any atom is -0.480 e. The van der Waals surface area contributed by atoms with Gasteiger partial charge in [0.25, 0.3) is 0 Å². The predicted molar refractivity (Wildman–Crippen MR) is 117 cm³/mol. The Morgan fingerprint density at radius 2 is 1.12 bits per heavy atom. The molecular weight excluding hydrogens is 454 g/mol. The van der Waals surface area contributed by atoms with Gasteiger partial charge in [-0.2, -0.15) is 0 Å². The van der Waals surface area contributed by atoms with Crippen LogP contribution >= 0.6 is 0 Å². The first-order valence-electron chi connectivity index (χ1n) is 10.4. The van der Waals surface area contributed by atoms with Crippen LogP contribution in [0.15, 0.2) is 0 Å². The summed E-state index contributed by atoms with van der Waals surface area (Å²) in [5, 5.41) is 15.9. The summed E-state index contributed by atoms with van der Waals surface area (Å²) in [5.41, 5.74) is 20.9. The molecule has 4 atom stereocenters. The fourth-order valence-electron chi connectivity index (χ4n) is 2.77. The lowest BCUT2D eigenvalue weighted by Gasteiger charge is -2.24. The average molecular weight is 488 g/mol. The number of primary amides is 3. The molecule has 0 bridgehead atoms. The van der Waals surface area contributed by atoms with Crippen molar-refractivity contribution in [2.75, 3.05) is 0 Å². The first-order valence-corrected chi connectivity index (χ1v) is 10.4. The van der Waals surface area contributed by atoms with Crippen LogP contribution in [-0.2, 0) is 33.6 Å². The van der Waals surface area contributed by atoms with Crippen molar-refractivity contribution in [2.24, 2.45) is 28.9 Å². The van der Waals surface area contributed by atoms with Gasteiger partial charge in [-0.3, -0.25) is 28.8 Å². The Balaban J connectivity index is 5.52. The number of aliphatic carboxylic acids is 1. The van der Waals surface area contributed by atoms with Crippen LogP contribution in [0.5, 0.6) is 0 Å². The van der Waals surface area contributed by atoms with Gasteiger partial charge in [-0.15, -0.1) is 0 Å². The topological polar surface area (TPSA) is 280 Å². The Labute approximate surface area is 195 Å². The molecule has 0 saturated heterocycles. The molecule has 0 aliphatic carbocycles. The second kappa shape index (κ2) is 14.4. The number of hydrogen-bond acceptors (Lipinski definition) is 8. The molecule has 12 N–H and O–H groups in total. The fraction of sp³-hybridized carbons (Fsp3) is 0.632. The van der Waals surface area contributed by atoms with Gasteiger partial charge < -0.3 is 44.0 Å². The molecule has 0 fully saturated rings. The summed E-state index contributed by atoms with van der Waals surface area (Å²) in [4.78, 5) is 82.6. The van der Waals surface area contributed by atoms with Crippen molar-refractivity contribution in [3.05, 3.63) is 0 Å². The van der Waals surface area contributed by atoms with Crippen LogP contribution in [0.4, 0.5) is 0 Å². The minimum absolute atomic E-state index is 0.0713. The van der Waals surface area contributed by atoms with E-state index in [4.69, 9.17) is 22.9 Å². The van der Waals surface area contributed by atoms with Crippen LogP contribution in [0, 0.1) is 5.92 Å². The summed E-state index contributed by atoms with van der Waals surface area (Å²) in [6.07, 6.45) is -1.65. The summed E-state index contributed by atoms with van der Waals surface area (Å²) < 4.78 is 0. The number of rotatable bonds is 16. The maximum absolute atomic E-state index is 12.7. The Hall–Kier alpha value is -3.75. The lowest BCUT2D eigenvalue weighted by Crippen LogP contribution is -2.58. The average Bonchev–Trinajstić information content (AvgIpc) is 2.68. The van der Waals surface area contributed by atoms with Crippen LogP contribution in [0.1, 0.15) is 46.0 Å². The zero-order valence-corrected chi connectivity index (χ0v) is 19.0. The van der Waals surface area contributed by atoms with E-state index < -0.39 is 78.4 Å². The van der Waals surface area contributed by atoms with E-state index in [0.717, 1.165) is 0 Å². The van der Waals surface area contributed by atoms with Crippen molar-refractivity contribution in [3.8, 4) is 0 Å². The summed E-state index contributed by atoms with van der Waals surface area (Å²) in [6.45, 7) is 3.46. The van der Waals surface area contributed by atoms with E-state index in [1.807, 2.05) is 0 Å². The number of carbonyl (C=O) groups is 7. The molecule has 6 amide bonds. The second-order valence-corrected chi connectivity index (χ2v) is 8.10. The van der Waals surface area contributed by atoms with E-state index in [9.17, 15) is 38.7 Å². The molecule has 0 heterocycles. The van der Waals surface area contributed by atoms with Gasteiger partial charge in [0.2, 0.25) is 35.4 Å². The van der Waals surface area contributed by atoms with E-state index in [-0.39, 0.29) is 25.2 Å². The van der Waals surface area contributed by atoms with E-state index in [0.29, 0.717) is 0 Å². The highest BCUT2D eigenvalue weighted by Gasteiger charge is 2.32. The summed E-state index contributed by atoms with van der Waals surface area (Å²) >= 11 is 0. The molecule has 0 rings (SSSR count). The fourth-order valence-corrected chi connectivity index (χ4v) is 2.77. The smallest absolute Gasteiger partial charge is 0.326 e. The van der Waals surface area contributed by atoms with Gasteiger partial charge in [-0.25, -0.2) is 4.79 Å². The van der Waals surface area contributed by atoms with E-state index in [2.05, 4.69) is 16.0 Å². The molecule has 192 valence electrons. The van der Waals surface area contributed by atoms with E-state index in [1.165, 1.54) is 0 Å². The third kappa shape index (κ3) is 12.3. The lowest BCUT2D eigenvalue weighted by atomic mass is 10.0. The second-order valence-electron chi connectivity index (χ2n) is 8.10. The number of hydrogen-bond donors (Lipinski definition) is 8. The monoisotopic (exact) mass is 487 g/mol. The molecule has 0 aromatic rings. The van der Waals surface area contributed by atoms with Crippen molar-refractivity contribution in [1.82, 2.24) is 16.0 Å². The normalized spacial score (nSPS) is 14.2. The Kier molecular flexibility index (Phi) is 12.8. The zero-order valence-electron chi connectivity index (χ0n) is 19.0. The highest BCUT2D eigenvalue weighted by atomic mass is 16.4. The van der Waals surface area contributed by atoms with E-state index >= 15 is 0 Å². The standard InChI is InChI=1S/C19H33N7O8/c1-8(2)5-12(19(33)34)26-18(32)11(7-15(23)29)25-17(31)10(6-14(22)28)24-16(30)9(20)3-4-13(21)27/h8-12H,3-7,20H2,1-2H3,(H2,21,27)(H2,22,28)(H2,23,29)(H,24,30)(H,25,31)(H,26,32)(H,33,34). The van der Waals surface area contributed by atoms with Gasteiger partial charge in [-0.05, 0) is 18.8 Å². The summed E-state index contributed by atoms with van der Waals surface area (Å²) in [6, 6.07) is -5.73. The van der Waals surface area contributed by atoms with Crippen LogP contribution in [0.2, 0.25) is 0 Å². The molecule has 0 radical (unpaired) electrons. The zero-order chi connectivity index (χ0) is 26.6. The number of nitrogens with two attached hydrogens (primary N) is 4. The number of amides is 6. The van der Waals surface area contributed by atoms with Crippen molar-refractivity contribution in [2.45, 2.75) is 70.1 Å². The predicted octanol–water partition coefficient (Wildman–Crippen LogP) is -4.08.